The first-order chi connectivity index (χ1) is 5.25. The zero-order valence-electron chi connectivity index (χ0n) is 5.87. The standard InChI is InChI=1S/C7H6ClNO2/c1-11-5-3-2-4-9-6(5)7(8)10/h2-4H,1H3. The van der Waals surface area contributed by atoms with Gasteiger partial charge in [0.2, 0.25) is 0 Å². The van der Waals surface area contributed by atoms with Crippen molar-refractivity contribution >= 4 is 16.8 Å². The van der Waals surface area contributed by atoms with Crippen LogP contribution in [0.1, 0.15) is 10.5 Å². The first-order valence-corrected chi connectivity index (χ1v) is 3.32. The number of hydrogen-bond acceptors (Lipinski definition) is 3. The fourth-order valence-corrected chi connectivity index (χ4v) is 0.845. The smallest absolute Gasteiger partial charge is 0.274 e. The summed E-state index contributed by atoms with van der Waals surface area (Å²) in [5, 5.41) is -0.609. The summed E-state index contributed by atoms with van der Waals surface area (Å²) in [7, 11) is 1.46. The zero-order chi connectivity index (χ0) is 8.27. The number of ether oxygens (including phenoxy) is 1. The van der Waals surface area contributed by atoms with E-state index in [9.17, 15) is 4.79 Å². The number of methoxy groups -OCH3 is 1. The van der Waals surface area contributed by atoms with Gasteiger partial charge in [0.25, 0.3) is 5.24 Å². The fourth-order valence-electron chi connectivity index (χ4n) is 0.703. The maximum Gasteiger partial charge on any atom is 0.274 e. The molecule has 1 rings (SSSR count). The van der Waals surface area contributed by atoms with Crippen molar-refractivity contribution < 1.29 is 9.53 Å². The number of carbonyl (C=O) groups is 1. The molecule has 0 aliphatic rings. The second-order valence-electron chi connectivity index (χ2n) is 1.83. The van der Waals surface area contributed by atoms with Crippen LogP contribution in [0, 0.1) is 0 Å². The van der Waals surface area contributed by atoms with Crippen molar-refractivity contribution in [3.63, 3.8) is 0 Å². The van der Waals surface area contributed by atoms with Gasteiger partial charge < -0.3 is 4.74 Å². The van der Waals surface area contributed by atoms with Gasteiger partial charge in [-0.1, -0.05) is 0 Å². The Morgan fingerprint density at radius 1 is 1.73 bits per heavy atom. The third-order valence-electron chi connectivity index (χ3n) is 1.18. The van der Waals surface area contributed by atoms with Gasteiger partial charge >= 0.3 is 0 Å². The number of carbonyl (C=O) groups excluding carboxylic acids is 1. The van der Waals surface area contributed by atoms with Crippen molar-refractivity contribution in [3.05, 3.63) is 24.0 Å². The molecular formula is C7H6ClNO2. The summed E-state index contributed by atoms with van der Waals surface area (Å²) in [6, 6.07) is 3.30. The van der Waals surface area contributed by atoms with Gasteiger partial charge in [0.05, 0.1) is 7.11 Å². The number of aromatic nitrogens is 1. The van der Waals surface area contributed by atoms with E-state index in [-0.39, 0.29) is 5.69 Å². The molecule has 0 saturated carbocycles. The minimum atomic E-state index is -0.609. The molecule has 0 fully saturated rings. The van der Waals surface area contributed by atoms with Gasteiger partial charge in [-0.15, -0.1) is 0 Å². The van der Waals surface area contributed by atoms with E-state index in [4.69, 9.17) is 16.3 Å². The summed E-state index contributed by atoms with van der Waals surface area (Å²) in [4.78, 5) is 14.4. The Bertz CT molecular complexity index is 275. The van der Waals surface area contributed by atoms with Crippen LogP contribution < -0.4 is 4.74 Å². The molecule has 0 amide bonds. The summed E-state index contributed by atoms with van der Waals surface area (Å²) < 4.78 is 4.84. The highest BCUT2D eigenvalue weighted by Crippen LogP contribution is 2.15. The molecule has 1 aromatic heterocycles. The number of nitrogens with zero attached hydrogens (tertiary/aromatic N) is 1. The topological polar surface area (TPSA) is 39.2 Å². The highest BCUT2D eigenvalue weighted by molar-refractivity contribution is 6.67. The Morgan fingerprint density at radius 2 is 2.45 bits per heavy atom. The Morgan fingerprint density at radius 3 is 2.91 bits per heavy atom. The van der Waals surface area contributed by atoms with Gasteiger partial charge in [0.15, 0.2) is 5.69 Å². The Hall–Kier alpha value is -1.09. The molecule has 0 atom stereocenters. The van der Waals surface area contributed by atoms with E-state index in [0.717, 1.165) is 0 Å². The normalized spacial score (nSPS) is 9.27. The number of halogens is 1. The third kappa shape index (κ3) is 1.68. The molecule has 0 N–H and O–H groups in total. The van der Waals surface area contributed by atoms with E-state index in [1.807, 2.05) is 0 Å². The average molecular weight is 172 g/mol. The summed E-state index contributed by atoms with van der Waals surface area (Å²) in [6.45, 7) is 0. The summed E-state index contributed by atoms with van der Waals surface area (Å²) in [5.41, 5.74) is 0.150. The molecule has 0 aromatic carbocycles. The van der Waals surface area contributed by atoms with Crippen LogP contribution in [0.5, 0.6) is 5.75 Å². The molecule has 0 aliphatic carbocycles. The lowest BCUT2D eigenvalue weighted by atomic mass is 10.3. The first-order valence-electron chi connectivity index (χ1n) is 2.94. The molecule has 0 aliphatic heterocycles. The molecule has 0 radical (unpaired) electrons. The molecule has 0 saturated heterocycles. The maximum atomic E-state index is 10.6. The Kier molecular flexibility index (Phi) is 2.44. The number of hydrogen-bond donors (Lipinski definition) is 0. The van der Waals surface area contributed by atoms with Gasteiger partial charge in [-0.05, 0) is 23.7 Å². The van der Waals surface area contributed by atoms with Crippen LogP contribution in [0.25, 0.3) is 0 Å². The summed E-state index contributed by atoms with van der Waals surface area (Å²) in [6.07, 6.45) is 1.48. The van der Waals surface area contributed by atoms with Crippen LogP contribution >= 0.6 is 11.6 Å². The maximum absolute atomic E-state index is 10.6. The molecule has 11 heavy (non-hydrogen) atoms. The molecular weight excluding hydrogens is 166 g/mol. The lowest BCUT2D eigenvalue weighted by molar-refractivity contribution is 0.107. The van der Waals surface area contributed by atoms with Crippen molar-refractivity contribution in [2.45, 2.75) is 0 Å². The molecule has 0 spiro atoms. The van der Waals surface area contributed by atoms with E-state index >= 15 is 0 Å². The number of rotatable bonds is 2. The molecule has 0 unspecified atom stereocenters. The van der Waals surface area contributed by atoms with Gasteiger partial charge in [0, 0.05) is 6.20 Å². The molecule has 58 valence electrons. The lowest BCUT2D eigenvalue weighted by Gasteiger charge is -2.00. The van der Waals surface area contributed by atoms with E-state index < -0.39 is 5.24 Å². The highest BCUT2D eigenvalue weighted by Gasteiger charge is 2.08. The second kappa shape index (κ2) is 3.34. The van der Waals surface area contributed by atoms with Crippen LogP contribution in [0.15, 0.2) is 18.3 Å². The van der Waals surface area contributed by atoms with Crippen LogP contribution in [0.2, 0.25) is 0 Å². The van der Waals surface area contributed by atoms with E-state index in [1.54, 1.807) is 12.1 Å². The van der Waals surface area contributed by atoms with Gasteiger partial charge in [-0.2, -0.15) is 0 Å². The van der Waals surface area contributed by atoms with Gasteiger partial charge in [-0.3, -0.25) is 4.79 Å². The summed E-state index contributed by atoms with van der Waals surface area (Å²) in [5.74, 6) is 0.396. The minimum absolute atomic E-state index is 0.150. The minimum Gasteiger partial charge on any atom is -0.494 e. The quantitative estimate of drug-likeness (QED) is 0.633. The highest BCUT2D eigenvalue weighted by atomic mass is 35.5. The molecule has 1 aromatic rings. The largest absolute Gasteiger partial charge is 0.494 e. The van der Waals surface area contributed by atoms with Crippen LogP contribution in [0.3, 0.4) is 0 Å². The van der Waals surface area contributed by atoms with E-state index in [1.165, 1.54) is 13.3 Å². The van der Waals surface area contributed by atoms with Crippen LogP contribution in [0.4, 0.5) is 0 Å². The monoisotopic (exact) mass is 171 g/mol. The van der Waals surface area contributed by atoms with Crippen molar-refractivity contribution in [3.8, 4) is 5.75 Å². The second-order valence-corrected chi connectivity index (χ2v) is 2.17. The molecule has 0 bridgehead atoms. The van der Waals surface area contributed by atoms with Crippen molar-refractivity contribution in [1.29, 1.82) is 0 Å². The molecule has 3 nitrogen and oxygen atoms in total. The van der Waals surface area contributed by atoms with Gasteiger partial charge in [0.1, 0.15) is 5.75 Å². The first kappa shape index (κ1) is 8.01. The lowest BCUT2D eigenvalue weighted by Crippen LogP contribution is -1.97. The summed E-state index contributed by atoms with van der Waals surface area (Å²) >= 11 is 5.21. The van der Waals surface area contributed by atoms with Gasteiger partial charge in [-0.25, -0.2) is 4.98 Å². The predicted octanol–water partition coefficient (Wildman–Crippen LogP) is 1.47. The van der Waals surface area contributed by atoms with Crippen molar-refractivity contribution in [2.24, 2.45) is 0 Å². The van der Waals surface area contributed by atoms with Crippen LogP contribution in [-0.4, -0.2) is 17.3 Å². The number of pyridine rings is 1. The van der Waals surface area contributed by atoms with E-state index in [0.29, 0.717) is 5.75 Å². The van der Waals surface area contributed by atoms with Crippen molar-refractivity contribution in [1.82, 2.24) is 4.98 Å². The Labute approximate surface area is 69.0 Å². The SMILES string of the molecule is COc1cccnc1C(=O)Cl. The Balaban J connectivity index is 3.12. The predicted molar refractivity (Wildman–Crippen MR) is 41.0 cm³/mol. The van der Waals surface area contributed by atoms with Crippen LogP contribution in [-0.2, 0) is 0 Å². The third-order valence-corrected chi connectivity index (χ3v) is 1.36. The fraction of sp³-hybridized carbons (Fsp3) is 0.143. The van der Waals surface area contributed by atoms with E-state index in [2.05, 4.69) is 4.98 Å². The molecule has 1 heterocycles. The zero-order valence-corrected chi connectivity index (χ0v) is 6.63. The van der Waals surface area contributed by atoms with Crippen molar-refractivity contribution in [2.75, 3.05) is 7.11 Å². The molecule has 4 heteroatoms. The average Bonchev–Trinajstić information content (AvgIpc) is 2.04.